The minimum atomic E-state index is -0.604. The van der Waals surface area contributed by atoms with Crippen LogP contribution in [0.4, 0.5) is 0 Å². The molecule has 1 aliphatic heterocycles. The number of aryl methyl sites for hydroxylation is 1. The van der Waals surface area contributed by atoms with Crippen LogP contribution in [0.1, 0.15) is 15.9 Å². The average Bonchev–Trinajstić information content (AvgIpc) is 2.65. The quantitative estimate of drug-likeness (QED) is 0.764. The van der Waals surface area contributed by atoms with Gasteiger partial charge in [-0.05, 0) is 18.6 Å². The zero-order valence-electron chi connectivity index (χ0n) is 9.14. The van der Waals surface area contributed by atoms with Crippen molar-refractivity contribution in [3.63, 3.8) is 0 Å². The maximum absolute atomic E-state index is 11.9. The molecule has 2 rings (SSSR count). The number of aliphatic hydroxyl groups is 1. The molecule has 1 amide bonds. The van der Waals surface area contributed by atoms with E-state index in [1.54, 1.807) is 6.07 Å². The van der Waals surface area contributed by atoms with E-state index in [1.165, 1.54) is 0 Å². The van der Waals surface area contributed by atoms with Crippen molar-refractivity contribution in [1.82, 2.24) is 5.32 Å². The Kier molecular flexibility index (Phi) is 3.22. The Morgan fingerprint density at radius 2 is 2.19 bits per heavy atom. The summed E-state index contributed by atoms with van der Waals surface area (Å²) < 4.78 is 5.07. The summed E-state index contributed by atoms with van der Waals surface area (Å²) in [6.07, 6.45) is -0.604. The van der Waals surface area contributed by atoms with E-state index in [-0.39, 0.29) is 11.9 Å². The molecule has 1 saturated heterocycles. The number of carbonyl (C=O) groups is 1. The molecule has 1 aromatic carbocycles. The number of aliphatic hydroxyl groups excluding tert-OH is 1. The van der Waals surface area contributed by atoms with Crippen molar-refractivity contribution in [2.75, 3.05) is 13.2 Å². The third-order valence-electron chi connectivity index (χ3n) is 2.76. The van der Waals surface area contributed by atoms with Crippen LogP contribution < -0.4 is 5.32 Å². The van der Waals surface area contributed by atoms with Crippen LogP contribution in [0.15, 0.2) is 24.3 Å². The molecule has 0 bridgehead atoms. The Morgan fingerprint density at radius 3 is 2.81 bits per heavy atom. The minimum absolute atomic E-state index is 0.160. The normalized spacial score (nSPS) is 24.4. The molecule has 4 heteroatoms. The van der Waals surface area contributed by atoms with E-state index in [2.05, 4.69) is 5.32 Å². The van der Waals surface area contributed by atoms with Gasteiger partial charge in [-0.15, -0.1) is 0 Å². The van der Waals surface area contributed by atoms with Crippen LogP contribution in [0.5, 0.6) is 0 Å². The number of benzene rings is 1. The second-order valence-electron chi connectivity index (χ2n) is 4.00. The lowest BCUT2D eigenvalue weighted by atomic mass is 10.1. The van der Waals surface area contributed by atoms with Gasteiger partial charge in [0.15, 0.2) is 0 Å². The topological polar surface area (TPSA) is 58.6 Å². The number of ether oxygens (including phenoxy) is 1. The highest BCUT2D eigenvalue weighted by Gasteiger charge is 2.27. The van der Waals surface area contributed by atoms with E-state index in [0.29, 0.717) is 18.8 Å². The monoisotopic (exact) mass is 221 g/mol. The Hall–Kier alpha value is -1.39. The lowest BCUT2D eigenvalue weighted by Gasteiger charge is -2.15. The molecule has 16 heavy (non-hydrogen) atoms. The van der Waals surface area contributed by atoms with E-state index in [1.807, 2.05) is 25.1 Å². The van der Waals surface area contributed by atoms with Crippen molar-refractivity contribution in [3.05, 3.63) is 35.4 Å². The summed E-state index contributed by atoms with van der Waals surface area (Å²) in [4.78, 5) is 11.9. The van der Waals surface area contributed by atoms with Crippen molar-refractivity contribution in [2.24, 2.45) is 0 Å². The van der Waals surface area contributed by atoms with Gasteiger partial charge in [-0.25, -0.2) is 0 Å². The number of amides is 1. The van der Waals surface area contributed by atoms with Gasteiger partial charge in [-0.1, -0.05) is 18.2 Å². The first-order valence-electron chi connectivity index (χ1n) is 5.31. The van der Waals surface area contributed by atoms with Crippen molar-refractivity contribution in [1.29, 1.82) is 0 Å². The van der Waals surface area contributed by atoms with Crippen LogP contribution in [0.3, 0.4) is 0 Å². The van der Waals surface area contributed by atoms with E-state index >= 15 is 0 Å². The third-order valence-corrected chi connectivity index (χ3v) is 2.76. The molecule has 1 fully saturated rings. The summed E-state index contributed by atoms with van der Waals surface area (Å²) >= 11 is 0. The average molecular weight is 221 g/mol. The Balaban J connectivity index is 2.06. The second kappa shape index (κ2) is 4.63. The summed E-state index contributed by atoms with van der Waals surface area (Å²) in [6, 6.07) is 7.07. The second-order valence-corrected chi connectivity index (χ2v) is 4.00. The molecule has 2 N–H and O–H groups in total. The zero-order valence-corrected chi connectivity index (χ0v) is 9.14. The number of hydrogen-bond donors (Lipinski definition) is 2. The van der Waals surface area contributed by atoms with Gasteiger partial charge in [-0.3, -0.25) is 4.79 Å². The first kappa shape index (κ1) is 11.1. The highest BCUT2D eigenvalue weighted by Crippen LogP contribution is 2.10. The molecule has 0 aliphatic carbocycles. The smallest absolute Gasteiger partial charge is 0.251 e. The fourth-order valence-electron chi connectivity index (χ4n) is 1.75. The van der Waals surface area contributed by atoms with Gasteiger partial charge in [0.2, 0.25) is 0 Å². The number of hydrogen-bond acceptors (Lipinski definition) is 3. The maximum Gasteiger partial charge on any atom is 0.251 e. The fraction of sp³-hybridized carbons (Fsp3) is 0.417. The lowest BCUT2D eigenvalue weighted by Crippen LogP contribution is -2.42. The summed E-state index contributed by atoms with van der Waals surface area (Å²) in [5.74, 6) is -0.160. The minimum Gasteiger partial charge on any atom is -0.388 e. The Bertz CT molecular complexity index is 392. The van der Waals surface area contributed by atoms with E-state index < -0.39 is 6.10 Å². The maximum atomic E-state index is 11.9. The SMILES string of the molecule is Cc1ccccc1C(=O)NC1COC[C@H]1O. The number of nitrogens with one attached hydrogen (secondary N) is 1. The highest BCUT2D eigenvalue weighted by atomic mass is 16.5. The molecule has 1 unspecified atom stereocenters. The molecular weight excluding hydrogens is 206 g/mol. The molecule has 0 spiro atoms. The molecule has 1 heterocycles. The summed E-state index contributed by atoms with van der Waals surface area (Å²) in [5.41, 5.74) is 1.56. The van der Waals surface area contributed by atoms with Crippen molar-refractivity contribution in [2.45, 2.75) is 19.1 Å². The van der Waals surface area contributed by atoms with E-state index in [9.17, 15) is 9.90 Å². The van der Waals surface area contributed by atoms with Gasteiger partial charge in [0.1, 0.15) is 0 Å². The highest BCUT2D eigenvalue weighted by molar-refractivity contribution is 5.95. The van der Waals surface area contributed by atoms with Gasteiger partial charge in [0.05, 0.1) is 25.4 Å². The molecule has 1 aromatic rings. The molecule has 86 valence electrons. The first-order chi connectivity index (χ1) is 7.68. The largest absolute Gasteiger partial charge is 0.388 e. The van der Waals surface area contributed by atoms with Crippen LogP contribution in [0.2, 0.25) is 0 Å². The van der Waals surface area contributed by atoms with Gasteiger partial charge < -0.3 is 15.2 Å². The standard InChI is InChI=1S/C12H15NO3/c1-8-4-2-3-5-9(8)12(15)13-10-6-16-7-11(10)14/h2-5,10-11,14H,6-7H2,1H3,(H,13,15)/t10?,11-/m1/s1. The van der Waals surface area contributed by atoms with Gasteiger partial charge in [-0.2, -0.15) is 0 Å². The third kappa shape index (κ3) is 2.23. The number of carbonyl (C=O) groups excluding carboxylic acids is 1. The molecular formula is C12H15NO3. The zero-order chi connectivity index (χ0) is 11.5. The van der Waals surface area contributed by atoms with Crippen LogP contribution >= 0.6 is 0 Å². The van der Waals surface area contributed by atoms with E-state index in [0.717, 1.165) is 5.56 Å². The van der Waals surface area contributed by atoms with Crippen LogP contribution in [-0.2, 0) is 4.74 Å². The van der Waals surface area contributed by atoms with Gasteiger partial charge in [0.25, 0.3) is 5.91 Å². The van der Waals surface area contributed by atoms with E-state index in [4.69, 9.17) is 4.74 Å². The molecule has 0 aromatic heterocycles. The predicted octanol–water partition coefficient (Wildman–Crippen LogP) is 0.485. The molecule has 0 radical (unpaired) electrons. The predicted molar refractivity (Wildman–Crippen MR) is 59.3 cm³/mol. The summed E-state index contributed by atoms with van der Waals surface area (Å²) in [7, 11) is 0. The number of rotatable bonds is 2. The Labute approximate surface area is 94.2 Å². The van der Waals surface area contributed by atoms with Gasteiger partial charge >= 0.3 is 0 Å². The van der Waals surface area contributed by atoms with Crippen molar-refractivity contribution >= 4 is 5.91 Å². The first-order valence-corrected chi connectivity index (χ1v) is 5.31. The van der Waals surface area contributed by atoms with Gasteiger partial charge in [0, 0.05) is 5.56 Å². The van der Waals surface area contributed by atoms with Crippen molar-refractivity contribution in [3.8, 4) is 0 Å². The molecule has 1 aliphatic rings. The lowest BCUT2D eigenvalue weighted by molar-refractivity contribution is 0.0886. The molecule has 4 nitrogen and oxygen atoms in total. The fourth-order valence-corrected chi connectivity index (χ4v) is 1.75. The van der Waals surface area contributed by atoms with Crippen LogP contribution in [0.25, 0.3) is 0 Å². The Morgan fingerprint density at radius 1 is 1.44 bits per heavy atom. The van der Waals surface area contributed by atoms with Crippen LogP contribution in [-0.4, -0.2) is 36.4 Å². The van der Waals surface area contributed by atoms with Crippen LogP contribution in [0, 0.1) is 6.92 Å². The summed E-state index contributed by atoms with van der Waals surface area (Å²) in [6.45, 7) is 2.55. The summed E-state index contributed by atoms with van der Waals surface area (Å²) in [5, 5.41) is 12.3. The molecule has 0 saturated carbocycles. The molecule has 2 atom stereocenters. The van der Waals surface area contributed by atoms with Crippen molar-refractivity contribution < 1.29 is 14.6 Å².